The Bertz CT molecular complexity index is 1890. The number of phosphoric ester groups is 1. The second kappa shape index (κ2) is 23.4. The monoisotopic (exact) mass is 870 g/mol. The largest absolute Gasteiger partial charge is 0.489 e. The third-order valence-corrected chi connectivity index (χ3v) is 12.5. The molecule has 3 aromatic rings. The fraction of sp³-hybridized carbons (Fsp3) is 0.717. The minimum Gasteiger partial charge on any atom is -0.489 e. The standard InChI is InChI=1S/C46H72N5O9P/c1-7-8-9-10-11-12-13-14-15-16-17-18-19-20-21-22-23-24-37(57-36-26-25-35(30-47)40(29-36)56-34(2)3)31-54-61(52,53)55-32-46(6)43-42(58-45(4,5)60-43)41(59-46)38-27-28-39-44(48)49-33-50-51(38)39/h25-29,33-34,37,41-43H,7-24,31-32H2,1-6H3,(H,52,53)(H2,48,49,50)/t37-,41+,42+,43+,46-/m1/s1. The third kappa shape index (κ3) is 14.6. The molecular weight excluding hydrogens is 798 g/mol. The SMILES string of the molecule is CCCCCCCCCCCCCCCCCCC[C@H](COP(=O)(O)OC[C@@]1(C)O[C@@H](c2ccc3c(N)ncnn23)[C@@H]2OC(C)(C)O[C@@H]21)Oc1ccc(C#N)c(OC(C)C)c1. The van der Waals surface area contributed by atoms with Crippen molar-refractivity contribution in [1.29, 1.82) is 5.26 Å². The average Bonchev–Trinajstić information content (AvgIpc) is 3.87. The van der Waals surface area contributed by atoms with Crippen LogP contribution in [0.3, 0.4) is 0 Å². The molecule has 1 aromatic carbocycles. The zero-order chi connectivity index (χ0) is 43.9. The maximum Gasteiger partial charge on any atom is 0.472 e. The van der Waals surface area contributed by atoms with Crippen LogP contribution in [0.5, 0.6) is 11.5 Å². The molecule has 2 aromatic heterocycles. The van der Waals surface area contributed by atoms with E-state index in [9.17, 15) is 14.7 Å². The Labute approximate surface area is 363 Å². The summed E-state index contributed by atoms with van der Waals surface area (Å²) in [5, 5.41) is 14.0. The lowest BCUT2D eigenvalue weighted by molar-refractivity contribution is -0.212. The lowest BCUT2D eigenvalue weighted by atomic mass is 9.97. The van der Waals surface area contributed by atoms with Crippen LogP contribution in [0.15, 0.2) is 36.7 Å². The van der Waals surface area contributed by atoms with Crippen molar-refractivity contribution >= 4 is 19.2 Å². The highest BCUT2D eigenvalue weighted by Gasteiger charge is 2.62. The van der Waals surface area contributed by atoms with Gasteiger partial charge < -0.3 is 34.3 Å². The van der Waals surface area contributed by atoms with E-state index in [0.29, 0.717) is 40.5 Å². The second-order valence-electron chi connectivity index (χ2n) is 17.7. The molecule has 61 heavy (non-hydrogen) atoms. The highest BCUT2D eigenvalue weighted by molar-refractivity contribution is 7.47. The summed E-state index contributed by atoms with van der Waals surface area (Å²) in [5.41, 5.74) is 6.57. The normalized spacial score (nSPS) is 22.3. The first-order valence-corrected chi connectivity index (χ1v) is 24.3. The maximum absolute atomic E-state index is 13.5. The zero-order valence-corrected chi connectivity index (χ0v) is 38.4. The Hall–Kier alpha value is -3.28. The van der Waals surface area contributed by atoms with E-state index in [4.69, 9.17) is 38.5 Å². The number of nitrogen functional groups attached to an aromatic ring is 1. The van der Waals surface area contributed by atoms with Crippen molar-refractivity contribution in [3.63, 3.8) is 0 Å². The predicted molar refractivity (Wildman–Crippen MR) is 235 cm³/mol. The van der Waals surface area contributed by atoms with Crippen molar-refractivity contribution in [2.45, 2.75) is 199 Å². The summed E-state index contributed by atoms with van der Waals surface area (Å²) in [5.74, 6) is 0.260. The van der Waals surface area contributed by atoms with Gasteiger partial charge in [-0.3, -0.25) is 9.05 Å². The van der Waals surface area contributed by atoms with Gasteiger partial charge >= 0.3 is 7.82 Å². The molecule has 0 amide bonds. The lowest BCUT2D eigenvalue weighted by Crippen LogP contribution is -2.44. The van der Waals surface area contributed by atoms with E-state index in [1.165, 1.54) is 96.2 Å². The highest BCUT2D eigenvalue weighted by atomic mass is 31.2. The Kier molecular flexibility index (Phi) is 18.7. The van der Waals surface area contributed by atoms with E-state index in [2.05, 4.69) is 23.1 Å². The number of nitriles is 1. The van der Waals surface area contributed by atoms with Crippen LogP contribution < -0.4 is 15.2 Å². The van der Waals surface area contributed by atoms with Gasteiger partial charge in [0.2, 0.25) is 0 Å². The number of nitrogens with zero attached hydrogens (tertiary/aromatic N) is 4. The topological polar surface area (TPSA) is 182 Å². The van der Waals surface area contributed by atoms with Crippen LogP contribution in [-0.4, -0.2) is 68.5 Å². The third-order valence-electron chi connectivity index (χ3n) is 11.5. The number of benzene rings is 1. The van der Waals surface area contributed by atoms with Gasteiger partial charge in [-0.15, -0.1) is 0 Å². The van der Waals surface area contributed by atoms with E-state index in [1.807, 2.05) is 33.8 Å². The molecule has 6 atom stereocenters. The summed E-state index contributed by atoms with van der Waals surface area (Å²) in [6, 6.07) is 10.8. The van der Waals surface area contributed by atoms with Crippen molar-refractivity contribution in [3.05, 3.63) is 47.9 Å². The molecule has 340 valence electrons. The molecule has 0 radical (unpaired) electrons. The van der Waals surface area contributed by atoms with Crippen molar-refractivity contribution in [2.75, 3.05) is 18.9 Å². The molecule has 3 N–H and O–H groups in total. The van der Waals surface area contributed by atoms with Gasteiger partial charge in [-0.2, -0.15) is 10.4 Å². The van der Waals surface area contributed by atoms with Crippen LogP contribution in [0.25, 0.3) is 5.52 Å². The van der Waals surface area contributed by atoms with Crippen molar-refractivity contribution in [3.8, 4) is 17.6 Å². The molecule has 15 heteroatoms. The first kappa shape index (κ1) is 48.7. The van der Waals surface area contributed by atoms with Crippen LogP contribution in [0.2, 0.25) is 0 Å². The van der Waals surface area contributed by atoms with Gasteiger partial charge in [0.1, 0.15) is 59.4 Å². The molecule has 1 unspecified atom stereocenters. The maximum atomic E-state index is 13.5. The van der Waals surface area contributed by atoms with Crippen molar-refractivity contribution in [1.82, 2.24) is 14.6 Å². The number of nitrogens with two attached hydrogens (primary N) is 1. The van der Waals surface area contributed by atoms with E-state index in [1.54, 1.807) is 35.7 Å². The van der Waals surface area contributed by atoms with Gasteiger partial charge in [0.05, 0.1) is 30.6 Å². The van der Waals surface area contributed by atoms with Gasteiger partial charge in [-0.05, 0) is 71.7 Å². The fourth-order valence-electron chi connectivity index (χ4n) is 8.35. The number of rotatable bonds is 29. The van der Waals surface area contributed by atoms with Gasteiger partial charge in [0, 0.05) is 6.07 Å². The second-order valence-corrected chi connectivity index (χ2v) is 19.2. The number of phosphoric acid groups is 1. The van der Waals surface area contributed by atoms with Crippen molar-refractivity contribution < 1.29 is 42.2 Å². The fourth-order valence-corrected chi connectivity index (χ4v) is 9.20. The van der Waals surface area contributed by atoms with Gasteiger partial charge in [0.25, 0.3) is 0 Å². The quantitative estimate of drug-likeness (QED) is 0.0497. The molecule has 0 aliphatic carbocycles. The van der Waals surface area contributed by atoms with Crippen molar-refractivity contribution in [2.24, 2.45) is 0 Å². The number of hydrogen-bond acceptors (Lipinski definition) is 12. The minimum atomic E-state index is -4.63. The molecule has 0 bridgehead atoms. The molecule has 2 aliphatic heterocycles. The molecule has 5 rings (SSSR count). The lowest BCUT2D eigenvalue weighted by Gasteiger charge is -2.31. The number of aromatic nitrogens is 3. The van der Waals surface area contributed by atoms with E-state index < -0.39 is 43.6 Å². The molecule has 2 saturated heterocycles. The van der Waals surface area contributed by atoms with Crippen LogP contribution in [0.4, 0.5) is 5.82 Å². The number of hydrogen-bond donors (Lipinski definition) is 2. The summed E-state index contributed by atoms with van der Waals surface area (Å²) in [7, 11) is -4.63. The minimum absolute atomic E-state index is 0.145. The van der Waals surface area contributed by atoms with Crippen LogP contribution in [-0.2, 0) is 27.8 Å². The Morgan fingerprint density at radius 3 is 2.10 bits per heavy atom. The van der Waals surface area contributed by atoms with E-state index >= 15 is 0 Å². The van der Waals surface area contributed by atoms with E-state index in [0.717, 1.165) is 19.3 Å². The average molecular weight is 870 g/mol. The smallest absolute Gasteiger partial charge is 0.472 e. The van der Waals surface area contributed by atoms with E-state index in [-0.39, 0.29) is 19.3 Å². The molecular formula is C46H72N5O9P. The van der Waals surface area contributed by atoms with Gasteiger partial charge in [0.15, 0.2) is 11.6 Å². The molecule has 2 fully saturated rings. The Morgan fingerprint density at radius 1 is 0.869 bits per heavy atom. The summed E-state index contributed by atoms with van der Waals surface area (Å²) < 4.78 is 57.9. The van der Waals surface area contributed by atoms with Gasteiger partial charge in [-0.25, -0.2) is 14.1 Å². The summed E-state index contributed by atoms with van der Waals surface area (Å²) in [6.45, 7) is 10.9. The summed E-state index contributed by atoms with van der Waals surface area (Å²) in [6.07, 6.45) is 21.0. The number of fused-ring (bicyclic) bond motifs is 2. The Morgan fingerprint density at radius 2 is 1.49 bits per heavy atom. The summed E-state index contributed by atoms with van der Waals surface area (Å²) >= 11 is 0. The molecule has 0 saturated carbocycles. The highest BCUT2D eigenvalue weighted by Crippen LogP contribution is 2.52. The molecule has 0 spiro atoms. The molecule has 2 aliphatic rings. The zero-order valence-electron chi connectivity index (χ0n) is 37.5. The molecule has 14 nitrogen and oxygen atoms in total. The summed E-state index contributed by atoms with van der Waals surface area (Å²) in [4.78, 5) is 15.1. The van der Waals surface area contributed by atoms with Crippen LogP contribution in [0, 0.1) is 11.3 Å². The first-order valence-electron chi connectivity index (χ1n) is 22.8. The number of unbranched alkanes of at least 4 members (excludes halogenated alkanes) is 16. The Balaban J connectivity index is 1.12. The van der Waals surface area contributed by atoms with Gasteiger partial charge in [-0.1, -0.05) is 110 Å². The molecule has 4 heterocycles. The number of anilines is 1. The van der Waals surface area contributed by atoms with Crippen LogP contribution in [0.1, 0.15) is 174 Å². The predicted octanol–water partition coefficient (Wildman–Crippen LogP) is 10.9. The van der Waals surface area contributed by atoms with Crippen LogP contribution >= 0.6 is 7.82 Å². The number of ether oxygens (including phenoxy) is 5. The first-order chi connectivity index (χ1) is 29.2.